The van der Waals surface area contributed by atoms with Crippen LogP contribution in [0.5, 0.6) is 0 Å². The summed E-state index contributed by atoms with van der Waals surface area (Å²) in [6.45, 7) is 8.00. The lowest BCUT2D eigenvalue weighted by Gasteiger charge is -2.11. The van der Waals surface area contributed by atoms with E-state index in [1.807, 2.05) is 48.9 Å². The van der Waals surface area contributed by atoms with E-state index >= 15 is 0 Å². The highest BCUT2D eigenvalue weighted by molar-refractivity contribution is 6.42. The zero-order chi connectivity index (χ0) is 28.7. The van der Waals surface area contributed by atoms with Gasteiger partial charge in [0.2, 0.25) is 0 Å². The number of carbonyl (C=O) groups is 5. The molecule has 4 N–H and O–H groups in total. The number of rotatable bonds is 5. The van der Waals surface area contributed by atoms with Gasteiger partial charge in [0.15, 0.2) is 5.78 Å². The molecule has 0 unspecified atom stereocenters. The van der Waals surface area contributed by atoms with E-state index in [1.54, 1.807) is 10.6 Å². The van der Waals surface area contributed by atoms with Crippen LogP contribution in [0.15, 0.2) is 36.5 Å². The SMILES string of the molecule is CC(C)C(=O)c1c(C(C)C)nn2ccccc12.N#Cc1cc(NC(=O)C(=O)O)c(Cl)c(NC(=O)C(=O)O)c1. The minimum absolute atomic E-state index is 0.000654. The molecule has 0 spiro atoms. The van der Waals surface area contributed by atoms with Crippen molar-refractivity contribution in [2.45, 2.75) is 33.6 Å². The largest absolute Gasteiger partial charge is 0.474 e. The van der Waals surface area contributed by atoms with Gasteiger partial charge in [0.1, 0.15) is 0 Å². The number of carbonyl (C=O) groups excluding carboxylic acids is 3. The van der Waals surface area contributed by atoms with E-state index in [9.17, 15) is 24.0 Å². The zero-order valence-corrected chi connectivity index (χ0v) is 21.5. The summed E-state index contributed by atoms with van der Waals surface area (Å²) in [5.74, 6) is -5.97. The number of carboxylic acids is 2. The smallest absolute Gasteiger partial charge is 0.394 e. The molecule has 0 radical (unpaired) electrons. The molecule has 0 saturated carbocycles. The third-order valence-corrected chi connectivity index (χ3v) is 5.38. The Kier molecular flexibility index (Phi) is 9.67. The Bertz CT molecular complexity index is 1420. The molecular formula is C25H24ClN5O7. The van der Waals surface area contributed by atoms with Crippen LogP contribution in [-0.4, -0.2) is 49.4 Å². The molecule has 0 bridgehead atoms. The summed E-state index contributed by atoms with van der Waals surface area (Å²) in [5.41, 5.74) is 1.99. The Morgan fingerprint density at radius 1 is 0.974 bits per heavy atom. The van der Waals surface area contributed by atoms with Crippen LogP contribution in [0.4, 0.5) is 11.4 Å². The third kappa shape index (κ3) is 6.92. The first-order valence-corrected chi connectivity index (χ1v) is 11.5. The fourth-order valence-electron chi connectivity index (χ4n) is 3.18. The predicted molar refractivity (Wildman–Crippen MR) is 137 cm³/mol. The Hall–Kier alpha value is -4.76. The minimum Gasteiger partial charge on any atom is -0.474 e. The number of amides is 2. The quantitative estimate of drug-likeness (QED) is 0.276. The summed E-state index contributed by atoms with van der Waals surface area (Å²) >= 11 is 5.81. The molecule has 13 heteroatoms. The fraction of sp³-hybridized carbons (Fsp3) is 0.240. The number of nitriles is 1. The standard InChI is InChI=1S/C14H18N2O.C11H6ClN3O6/c1-9(2)13-12(14(17)10(3)4)11-7-5-6-8-16(11)15-13;12-7-5(14-8(16)10(18)19)1-4(3-13)2-6(7)15-9(17)11(20)21/h5-10H,1-4H3;1-2H,(H,14,16)(H,15,17)(H,18,19)(H,20,21). The van der Waals surface area contributed by atoms with Crippen LogP contribution in [0.1, 0.15) is 55.2 Å². The molecule has 0 fully saturated rings. The number of benzene rings is 1. The highest BCUT2D eigenvalue weighted by atomic mass is 35.5. The number of anilines is 2. The first kappa shape index (κ1) is 29.5. The average Bonchev–Trinajstić information content (AvgIpc) is 3.25. The number of fused-ring (bicyclic) bond motifs is 1. The van der Waals surface area contributed by atoms with Gasteiger partial charge in [-0.15, -0.1) is 0 Å². The van der Waals surface area contributed by atoms with E-state index in [-0.39, 0.29) is 39.6 Å². The molecule has 12 nitrogen and oxygen atoms in total. The third-order valence-electron chi connectivity index (χ3n) is 4.97. The molecule has 1 aromatic carbocycles. The average molecular weight is 542 g/mol. The van der Waals surface area contributed by atoms with E-state index in [0.29, 0.717) is 0 Å². The number of Topliss-reactive ketones (excluding diaryl/α,β-unsaturated/α-hetero) is 1. The van der Waals surface area contributed by atoms with Gasteiger partial charge in [-0.25, -0.2) is 14.1 Å². The van der Waals surface area contributed by atoms with Crippen molar-refractivity contribution in [1.82, 2.24) is 9.61 Å². The van der Waals surface area contributed by atoms with Crippen LogP contribution in [0, 0.1) is 17.2 Å². The molecule has 38 heavy (non-hydrogen) atoms. The first-order valence-electron chi connectivity index (χ1n) is 11.1. The molecule has 0 aliphatic heterocycles. The number of carboxylic acid groups (broad SMARTS) is 2. The molecule has 2 aromatic heterocycles. The second-order valence-corrected chi connectivity index (χ2v) is 8.86. The number of hydrogen-bond acceptors (Lipinski definition) is 7. The van der Waals surface area contributed by atoms with Gasteiger partial charge in [-0.3, -0.25) is 14.4 Å². The van der Waals surface area contributed by atoms with Crippen LogP contribution in [-0.2, 0) is 19.2 Å². The minimum atomic E-state index is -1.79. The van der Waals surface area contributed by atoms with Crippen molar-refractivity contribution in [3.8, 4) is 6.07 Å². The van der Waals surface area contributed by atoms with Gasteiger partial charge in [0.05, 0.1) is 44.8 Å². The Balaban J connectivity index is 0.000000272. The van der Waals surface area contributed by atoms with Crippen LogP contribution >= 0.6 is 11.6 Å². The molecular weight excluding hydrogens is 518 g/mol. The molecule has 0 aliphatic carbocycles. The maximum Gasteiger partial charge on any atom is 0.394 e. The molecule has 0 atom stereocenters. The molecule has 0 aliphatic rings. The fourth-order valence-corrected chi connectivity index (χ4v) is 3.39. The molecule has 2 amide bonds. The van der Waals surface area contributed by atoms with Gasteiger partial charge in [-0.1, -0.05) is 45.4 Å². The van der Waals surface area contributed by atoms with E-state index in [1.165, 1.54) is 0 Å². The normalized spacial score (nSPS) is 10.4. The summed E-state index contributed by atoms with van der Waals surface area (Å²) in [7, 11) is 0. The number of aromatic nitrogens is 2. The molecule has 0 saturated heterocycles. The number of nitrogens with zero attached hydrogens (tertiary/aromatic N) is 3. The lowest BCUT2D eigenvalue weighted by Crippen LogP contribution is -2.24. The van der Waals surface area contributed by atoms with Gasteiger partial charge < -0.3 is 20.8 Å². The maximum atomic E-state index is 12.3. The van der Waals surface area contributed by atoms with Gasteiger partial charge in [-0.05, 0) is 30.2 Å². The first-order chi connectivity index (χ1) is 17.8. The van der Waals surface area contributed by atoms with Gasteiger partial charge >= 0.3 is 23.8 Å². The van der Waals surface area contributed by atoms with Crippen molar-refractivity contribution in [3.05, 3.63) is 58.4 Å². The molecule has 198 valence electrons. The summed E-state index contributed by atoms with van der Waals surface area (Å²) < 4.78 is 1.80. The van der Waals surface area contributed by atoms with Crippen molar-refractivity contribution < 1.29 is 34.2 Å². The van der Waals surface area contributed by atoms with E-state index in [0.717, 1.165) is 28.9 Å². The van der Waals surface area contributed by atoms with E-state index in [2.05, 4.69) is 18.9 Å². The predicted octanol–water partition coefficient (Wildman–Crippen LogP) is 3.55. The van der Waals surface area contributed by atoms with E-state index in [4.69, 9.17) is 27.1 Å². The van der Waals surface area contributed by atoms with Crippen LogP contribution in [0.25, 0.3) is 5.52 Å². The second-order valence-electron chi connectivity index (χ2n) is 8.48. The molecule has 3 aromatic rings. The Labute approximate surface area is 221 Å². The number of nitrogens with one attached hydrogen (secondary N) is 2. The lowest BCUT2D eigenvalue weighted by molar-refractivity contribution is -0.147. The van der Waals surface area contributed by atoms with Crippen LogP contribution < -0.4 is 10.6 Å². The Morgan fingerprint density at radius 3 is 1.92 bits per heavy atom. The Morgan fingerprint density at radius 2 is 1.50 bits per heavy atom. The summed E-state index contributed by atoms with van der Waals surface area (Å²) in [6, 6.07) is 9.64. The summed E-state index contributed by atoms with van der Waals surface area (Å²) in [5, 5.41) is 33.8. The summed E-state index contributed by atoms with van der Waals surface area (Å²) in [4.78, 5) is 55.3. The van der Waals surface area contributed by atoms with Crippen molar-refractivity contribution in [3.63, 3.8) is 0 Å². The van der Waals surface area contributed by atoms with Gasteiger partial charge in [-0.2, -0.15) is 10.4 Å². The number of halogens is 1. The molecule has 2 heterocycles. The topological polar surface area (TPSA) is 191 Å². The second kappa shape index (κ2) is 12.5. The van der Waals surface area contributed by atoms with Gasteiger partial charge in [0, 0.05) is 12.1 Å². The number of pyridine rings is 1. The molecule has 3 rings (SSSR count). The van der Waals surface area contributed by atoms with E-state index < -0.39 is 23.8 Å². The zero-order valence-electron chi connectivity index (χ0n) is 20.8. The lowest BCUT2D eigenvalue weighted by atomic mass is 9.95. The number of hydrogen-bond donors (Lipinski definition) is 4. The number of aliphatic carboxylic acids is 2. The van der Waals surface area contributed by atoms with Crippen LogP contribution in [0.2, 0.25) is 5.02 Å². The monoisotopic (exact) mass is 541 g/mol. The van der Waals surface area contributed by atoms with Crippen molar-refractivity contribution in [2.24, 2.45) is 5.92 Å². The van der Waals surface area contributed by atoms with Crippen molar-refractivity contribution >= 4 is 58.0 Å². The van der Waals surface area contributed by atoms with Crippen molar-refractivity contribution in [2.75, 3.05) is 10.6 Å². The van der Waals surface area contributed by atoms with Gasteiger partial charge in [0.25, 0.3) is 0 Å². The summed E-state index contributed by atoms with van der Waals surface area (Å²) in [6.07, 6.45) is 1.89. The van der Waals surface area contributed by atoms with Crippen LogP contribution in [0.3, 0.4) is 0 Å². The maximum absolute atomic E-state index is 12.3. The van der Waals surface area contributed by atoms with Crippen molar-refractivity contribution in [1.29, 1.82) is 5.26 Å². The highest BCUT2D eigenvalue weighted by Crippen LogP contribution is 2.32. The number of ketones is 1. The highest BCUT2D eigenvalue weighted by Gasteiger charge is 2.23.